The van der Waals surface area contributed by atoms with Gasteiger partial charge in [0, 0.05) is 11.3 Å². The van der Waals surface area contributed by atoms with Crippen LogP contribution in [0.25, 0.3) is 0 Å². The molecule has 1 aliphatic rings. The number of halogens is 3. The average Bonchev–Trinajstić information content (AvgIpc) is 3.35. The van der Waals surface area contributed by atoms with E-state index in [2.05, 4.69) is 10.0 Å². The number of hydrogen-bond acceptors (Lipinski definition) is 3. The van der Waals surface area contributed by atoms with Gasteiger partial charge < -0.3 is 5.32 Å². The second kappa shape index (κ2) is 7.85. The van der Waals surface area contributed by atoms with Crippen molar-refractivity contribution in [3.05, 3.63) is 64.7 Å². The first-order valence-electron chi connectivity index (χ1n) is 9.77. The Morgan fingerprint density at radius 1 is 1.16 bits per heavy atom. The Morgan fingerprint density at radius 3 is 2.29 bits per heavy atom. The maximum Gasteiger partial charge on any atom is 0.416 e. The molecule has 0 radical (unpaired) electrons. The van der Waals surface area contributed by atoms with E-state index in [-0.39, 0.29) is 17.9 Å². The highest BCUT2D eigenvalue weighted by molar-refractivity contribution is 7.92. The molecule has 2 aromatic rings. The third-order valence-electron chi connectivity index (χ3n) is 5.83. The van der Waals surface area contributed by atoms with E-state index in [4.69, 9.17) is 0 Å². The summed E-state index contributed by atoms with van der Waals surface area (Å²) in [5.74, 6) is -0.482. The van der Waals surface area contributed by atoms with Crippen LogP contribution >= 0.6 is 0 Å². The van der Waals surface area contributed by atoms with E-state index < -0.39 is 27.2 Å². The highest BCUT2D eigenvalue weighted by atomic mass is 32.2. The topological polar surface area (TPSA) is 75.3 Å². The zero-order chi connectivity index (χ0) is 23.2. The molecule has 0 aromatic heterocycles. The van der Waals surface area contributed by atoms with Crippen LogP contribution in [0.3, 0.4) is 0 Å². The Balaban J connectivity index is 1.66. The first-order valence-corrected chi connectivity index (χ1v) is 11.7. The lowest BCUT2D eigenvalue weighted by atomic mass is 9.94. The second-order valence-electron chi connectivity index (χ2n) is 8.43. The van der Waals surface area contributed by atoms with Crippen LogP contribution in [-0.4, -0.2) is 20.6 Å². The van der Waals surface area contributed by atoms with Crippen LogP contribution in [0.1, 0.15) is 48.6 Å². The molecule has 1 saturated carbocycles. The van der Waals surface area contributed by atoms with Crippen LogP contribution in [0.2, 0.25) is 0 Å². The van der Waals surface area contributed by atoms with Crippen LogP contribution < -0.4 is 10.0 Å². The summed E-state index contributed by atoms with van der Waals surface area (Å²) in [5.41, 5.74) is 1.53. The van der Waals surface area contributed by atoms with Gasteiger partial charge in [-0.2, -0.15) is 13.2 Å². The van der Waals surface area contributed by atoms with Gasteiger partial charge >= 0.3 is 6.18 Å². The molecular formula is C22H25F3N2O3S. The maximum atomic E-state index is 12.8. The molecular weight excluding hydrogens is 429 g/mol. The number of carbonyl (C=O) groups is 1. The summed E-state index contributed by atoms with van der Waals surface area (Å²) >= 11 is 0. The zero-order valence-electron chi connectivity index (χ0n) is 17.7. The van der Waals surface area contributed by atoms with Crippen molar-refractivity contribution in [2.45, 2.75) is 44.8 Å². The third kappa shape index (κ3) is 5.20. The van der Waals surface area contributed by atoms with Crippen molar-refractivity contribution in [1.29, 1.82) is 0 Å². The molecule has 9 heteroatoms. The van der Waals surface area contributed by atoms with Crippen molar-refractivity contribution in [1.82, 2.24) is 5.32 Å². The van der Waals surface area contributed by atoms with Gasteiger partial charge in [-0.05, 0) is 55.2 Å². The van der Waals surface area contributed by atoms with Crippen LogP contribution in [0.15, 0.2) is 42.5 Å². The van der Waals surface area contributed by atoms with Crippen molar-refractivity contribution in [2.24, 2.45) is 5.92 Å². The molecule has 0 aliphatic heterocycles. The largest absolute Gasteiger partial charge is 0.416 e. The molecule has 1 unspecified atom stereocenters. The standard InChI is InChI=1S/C22H25F3N2O3S/c1-13-11-15(5-10-19(13)27-31(4,29)30)14(2)26-20(28)18-12-21(18,3)16-6-8-17(9-7-16)22(23,24)25/h5-11,14,18,27H,12H2,1-4H3,(H,26,28)/t14?,18-,21+/m0/s1. The molecule has 168 valence electrons. The highest BCUT2D eigenvalue weighted by Gasteiger charge is 2.55. The fourth-order valence-electron chi connectivity index (χ4n) is 3.77. The summed E-state index contributed by atoms with van der Waals surface area (Å²) < 4.78 is 63.6. The Bertz CT molecular complexity index is 1100. The van der Waals surface area contributed by atoms with Gasteiger partial charge in [0.15, 0.2) is 0 Å². The lowest BCUT2D eigenvalue weighted by molar-refractivity contribution is -0.137. The number of rotatable bonds is 6. The number of benzene rings is 2. The van der Waals surface area contributed by atoms with Gasteiger partial charge in [-0.3, -0.25) is 9.52 Å². The Labute approximate surface area is 180 Å². The SMILES string of the molecule is Cc1cc(C(C)NC(=O)[C@@H]2C[C@]2(C)c2ccc(C(F)(F)F)cc2)ccc1NS(C)(=O)=O. The Kier molecular flexibility index (Phi) is 5.86. The van der Waals surface area contributed by atoms with Crippen LogP contribution in [0.5, 0.6) is 0 Å². The molecule has 2 aromatic carbocycles. The van der Waals surface area contributed by atoms with E-state index in [1.165, 1.54) is 12.1 Å². The number of alkyl halides is 3. The molecule has 3 rings (SSSR count). The van der Waals surface area contributed by atoms with E-state index in [0.717, 1.165) is 29.5 Å². The van der Waals surface area contributed by atoms with E-state index >= 15 is 0 Å². The number of aryl methyl sites for hydroxylation is 1. The van der Waals surface area contributed by atoms with Gasteiger partial charge in [-0.25, -0.2) is 8.42 Å². The minimum Gasteiger partial charge on any atom is -0.349 e. The minimum absolute atomic E-state index is 0.161. The van der Waals surface area contributed by atoms with Crippen molar-refractivity contribution >= 4 is 21.6 Å². The van der Waals surface area contributed by atoms with Crippen molar-refractivity contribution in [3.8, 4) is 0 Å². The van der Waals surface area contributed by atoms with Crippen molar-refractivity contribution in [2.75, 3.05) is 11.0 Å². The first kappa shape index (κ1) is 23.1. The number of hydrogen-bond donors (Lipinski definition) is 2. The molecule has 1 amide bonds. The van der Waals surface area contributed by atoms with Crippen LogP contribution in [0, 0.1) is 12.8 Å². The van der Waals surface area contributed by atoms with Gasteiger partial charge in [-0.15, -0.1) is 0 Å². The van der Waals surface area contributed by atoms with E-state index in [1.807, 2.05) is 13.8 Å². The van der Waals surface area contributed by atoms with Crippen LogP contribution in [0.4, 0.5) is 18.9 Å². The molecule has 31 heavy (non-hydrogen) atoms. The van der Waals surface area contributed by atoms with Crippen LogP contribution in [-0.2, 0) is 26.4 Å². The van der Waals surface area contributed by atoms with Gasteiger partial charge in [0.2, 0.25) is 15.9 Å². The summed E-state index contributed by atoms with van der Waals surface area (Å²) in [6, 6.07) is 9.87. The number of amides is 1. The maximum absolute atomic E-state index is 12.8. The number of sulfonamides is 1. The molecule has 3 atom stereocenters. The molecule has 1 aliphatic carbocycles. The Hall–Kier alpha value is -2.55. The molecule has 5 nitrogen and oxygen atoms in total. The van der Waals surface area contributed by atoms with Gasteiger partial charge in [0.1, 0.15) is 0 Å². The summed E-state index contributed by atoms with van der Waals surface area (Å²) in [5, 5.41) is 2.96. The van der Waals surface area contributed by atoms with E-state index in [0.29, 0.717) is 17.7 Å². The third-order valence-corrected chi connectivity index (χ3v) is 6.42. The smallest absolute Gasteiger partial charge is 0.349 e. The summed E-state index contributed by atoms with van der Waals surface area (Å²) in [6.45, 7) is 5.47. The fraction of sp³-hybridized carbons (Fsp3) is 0.409. The van der Waals surface area contributed by atoms with E-state index in [9.17, 15) is 26.4 Å². The van der Waals surface area contributed by atoms with Gasteiger partial charge in [0.25, 0.3) is 0 Å². The lowest BCUT2D eigenvalue weighted by Crippen LogP contribution is -2.30. The molecule has 0 bridgehead atoms. The molecule has 0 heterocycles. The van der Waals surface area contributed by atoms with Crippen molar-refractivity contribution < 1.29 is 26.4 Å². The molecule has 0 spiro atoms. The predicted octanol–water partition coefficient (Wildman–Crippen LogP) is 4.54. The quantitative estimate of drug-likeness (QED) is 0.673. The molecule has 2 N–H and O–H groups in total. The number of anilines is 1. The minimum atomic E-state index is -4.39. The summed E-state index contributed by atoms with van der Waals surface area (Å²) in [7, 11) is -3.39. The predicted molar refractivity (Wildman–Crippen MR) is 113 cm³/mol. The molecule has 1 fully saturated rings. The lowest BCUT2D eigenvalue weighted by Gasteiger charge is -2.18. The summed E-state index contributed by atoms with van der Waals surface area (Å²) in [4.78, 5) is 12.8. The normalized spacial score (nSPS) is 22.0. The van der Waals surface area contributed by atoms with E-state index in [1.54, 1.807) is 25.1 Å². The monoisotopic (exact) mass is 454 g/mol. The molecule has 0 saturated heterocycles. The number of nitrogens with one attached hydrogen (secondary N) is 2. The van der Waals surface area contributed by atoms with Gasteiger partial charge in [-0.1, -0.05) is 31.2 Å². The summed E-state index contributed by atoms with van der Waals surface area (Å²) in [6.07, 6.45) is -2.75. The van der Waals surface area contributed by atoms with Gasteiger partial charge in [0.05, 0.1) is 23.5 Å². The second-order valence-corrected chi connectivity index (χ2v) is 10.2. The number of carbonyl (C=O) groups excluding carboxylic acids is 1. The Morgan fingerprint density at radius 2 is 1.77 bits per heavy atom. The first-order chi connectivity index (χ1) is 14.2. The zero-order valence-corrected chi connectivity index (χ0v) is 18.5. The fourth-order valence-corrected chi connectivity index (χ4v) is 4.40. The van der Waals surface area contributed by atoms with Crippen molar-refractivity contribution in [3.63, 3.8) is 0 Å². The average molecular weight is 455 g/mol. The highest BCUT2D eigenvalue weighted by Crippen LogP contribution is 2.54.